The van der Waals surface area contributed by atoms with Crippen molar-refractivity contribution in [1.29, 1.82) is 0 Å². The van der Waals surface area contributed by atoms with Gasteiger partial charge in [0.15, 0.2) is 0 Å². The van der Waals surface area contributed by atoms with Gasteiger partial charge in [0.05, 0.1) is 11.4 Å². The first-order valence-corrected chi connectivity index (χ1v) is 22.1. The Hall–Kier alpha value is -3.64. The zero-order valence-corrected chi connectivity index (χ0v) is 34.6. The minimum absolute atomic E-state index is 0.0825. The first-order valence-electron chi connectivity index (χ1n) is 19.5. The van der Waals surface area contributed by atoms with Crippen molar-refractivity contribution >= 4 is 93.7 Å². The summed E-state index contributed by atoms with van der Waals surface area (Å²) in [6.07, 6.45) is 4.87. The Labute approximate surface area is 326 Å². The molecule has 0 bridgehead atoms. The van der Waals surface area contributed by atoms with E-state index >= 15 is 0 Å². The Bertz CT molecular complexity index is 2710. The van der Waals surface area contributed by atoms with Gasteiger partial charge in [-0.05, 0) is 117 Å². The van der Waals surface area contributed by atoms with Crippen LogP contribution in [0.5, 0.6) is 0 Å². The molecule has 5 heteroatoms. The van der Waals surface area contributed by atoms with Crippen LogP contribution in [-0.4, -0.2) is 6.71 Å². The van der Waals surface area contributed by atoms with Crippen LogP contribution >= 0.6 is 34.0 Å². The Kier molecular flexibility index (Phi) is 6.53. The fourth-order valence-corrected chi connectivity index (χ4v) is 14.8. The van der Waals surface area contributed by atoms with Gasteiger partial charge in [-0.15, -0.1) is 22.7 Å². The van der Waals surface area contributed by atoms with Crippen molar-refractivity contribution in [1.82, 2.24) is 0 Å². The predicted octanol–water partition coefficient (Wildman–Crippen LogP) is 12.8. The van der Waals surface area contributed by atoms with E-state index in [4.69, 9.17) is 0 Å². The molecule has 7 aromatic rings. The Morgan fingerprint density at radius 1 is 0.566 bits per heavy atom. The summed E-state index contributed by atoms with van der Waals surface area (Å²) in [4.78, 5) is 6.03. The van der Waals surface area contributed by atoms with Crippen LogP contribution in [0.25, 0.3) is 42.4 Å². The van der Waals surface area contributed by atoms with Gasteiger partial charge < -0.3 is 4.90 Å². The molecule has 0 amide bonds. The van der Waals surface area contributed by atoms with E-state index in [2.05, 4.69) is 156 Å². The highest BCUT2D eigenvalue weighted by Gasteiger charge is 2.52. The van der Waals surface area contributed by atoms with Gasteiger partial charge in [0.25, 0.3) is 6.71 Å². The Balaban J connectivity index is 1.26. The molecule has 264 valence electrons. The zero-order chi connectivity index (χ0) is 36.4. The van der Waals surface area contributed by atoms with E-state index in [1.54, 1.807) is 25.7 Å². The minimum atomic E-state index is 0.0825. The van der Waals surface area contributed by atoms with Crippen molar-refractivity contribution in [2.75, 3.05) is 4.90 Å². The van der Waals surface area contributed by atoms with E-state index < -0.39 is 0 Å². The number of hydrogen-bond donors (Lipinski definition) is 0. The molecule has 11 rings (SSSR count). The van der Waals surface area contributed by atoms with Crippen molar-refractivity contribution in [3.8, 4) is 22.3 Å². The molecule has 0 N–H and O–H groups in total. The van der Waals surface area contributed by atoms with Crippen molar-refractivity contribution < 1.29 is 0 Å². The molecule has 0 fully saturated rings. The molecule has 2 aliphatic carbocycles. The van der Waals surface area contributed by atoms with E-state index in [9.17, 15) is 0 Å². The maximum atomic E-state index is 2.83. The predicted molar refractivity (Wildman–Crippen MR) is 236 cm³/mol. The van der Waals surface area contributed by atoms with Crippen LogP contribution in [0.4, 0.5) is 17.1 Å². The molecular weight excluding hydrogens is 698 g/mol. The SMILES string of the molecule is CC1(C)CCC(C)(C)c2c(N3c4cc(-c5ccc6sc7ccccc7c6c5)cc5c4B(c4ccccc4-5)c4sc5c(c43)C(C)(C)CCC5(C)C)csc21. The smallest absolute Gasteiger partial charge is 0.260 e. The molecule has 4 aliphatic rings. The fraction of sp³-hybridized carbons (Fsp3) is 0.333. The van der Waals surface area contributed by atoms with Crippen LogP contribution in [0.3, 0.4) is 0 Å². The second-order valence-electron chi connectivity index (χ2n) is 19.0. The number of benzene rings is 4. The summed E-state index contributed by atoms with van der Waals surface area (Å²) in [5.41, 5.74) is 16.4. The molecule has 1 nitrogen and oxygen atoms in total. The van der Waals surface area contributed by atoms with E-state index in [0.29, 0.717) is 0 Å². The Morgan fingerprint density at radius 2 is 1.25 bits per heavy atom. The number of thiophene rings is 3. The van der Waals surface area contributed by atoms with E-state index in [0.717, 1.165) is 0 Å². The topological polar surface area (TPSA) is 3.24 Å². The quantitative estimate of drug-likeness (QED) is 0.159. The molecule has 0 unspecified atom stereocenters. The summed E-state index contributed by atoms with van der Waals surface area (Å²) in [5, 5.41) is 5.28. The van der Waals surface area contributed by atoms with Crippen LogP contribution in [0.15, 0.2) is 84.2 Å². The number of anilines is 3. The highest BCUT2D eigenvalue weighted by Crippen LogP contribution is 2.60. The molecule has 0 atom stereocenters. The molecule has 5 heterocycles. The standard InChI is InChI=1S/C48H46BNS3/c1-45(2)19-21-47(5,6)42-38(45)35(26-51-42)50-34-25-28(27-17-18-37-31(23-27)30-14-10-12-16-36(30)52-37)24-32-29-13-9-11-15-33(29)49(40(32)34)44-41(50)39-43(53-44)48(7,8)22-20-46(39,3)4/h9-18,23-26H,19-22H2,1-8H3. The van der Waals surface area contributed by atoms with Crippen molar-refractivity contribution in [3.63, 3.8) is 0 Å². The summed E-state index contributed by atoms with van der Waals surface area (Å²) in [7, 11) is 0. The molecule has 3 aromatic heterocycles. The minimum Gasteiger partial charge on any atom is -0.309 e. The van der Waals surface area contributed by atoms with Gasteiger partial charge in [-0.25, -0.2) is 0 Å². The molecule has 2 aliphatic heterocycles. The summed E-state index contributed by atoms with van der Waals surface area (Å²) in [5.74, 6) is 0. The molecule has 0 saturated heterocycles. The van der Waals surface area contributed by atoms with Gasteiger partial charge in [-0.1, -0.05) is 109 Å². The van der Waals surface area contributed by atoms with Crippen molar-refractivity contribution in [2.24, 2.45) is 0 Å². The van der Waals surface area contributed by atoms with Gasteiger partial charge in [-0.2, -0.15) is 11.3 Å². The highest BCUT2D eigenvalue weighted by atomic mass is 32.1. The van der Waals surface area contributed by atoms with Crippen molar-refractivity contribution in [2.45, 2.75) is 103 Å². The number of rotatable bonds is 2. The summed E-state index contributed by atoms with van der Waals surface area (Å²) < 4.78 is 4.28. The molecule has 0 radical (unpaired) electrons. The van der Waals surface area contributed by atoms with Gasteiger partial charge in [0.2, 0.25) is 0 Å². The van der Waals surface area contributed by atoms with Crippen LogP contribution in [-0.2, 0) is 21.7 Å². The normalized spacial score (nSPS) is 19.5. The lowest BCUT2D eigenvalue weighted by atomic mass is 9.40. The third-order valence-corrected chi connectivity index (χ3v) is 17.8. The third-order valence-electron chi connectivity index (χ3n) is 13.7. The van der Waals surface area contributed by atoms with Gasteiger partial charge >= 0.3 is 0 Å². The number of hydrogen-bond acceptors (Lipinski definition) is 4. The van der Waals surface area contributed by atoms with Gasteiger partial charge in [0.1, 0.15) is 0 Å². The maximum Gasteiger partial charge on any atom is 0.260 e. The third kappa shape index (κ3) is 4.36. The van der Waals surface area contributed by atoms with Crippen LogP contribution in [0.1, 0.15) is 102 Å². The Morgan fingerprint density at radius 3 is 2.06 bits per heavy atom. The van der Waals surface area contributed by atoms with E-state index in [1.165, 1.54) is 96.1 Å². The monoisotopic (exact) mass is 743 g/mol. The average Bonchev–Trinajstić information content (AvgIpc) is 3.91. The van der Waals surface area contributed by atoms with E-state index in [-0.39, 0.29) is 28.4 Å². The molecule has 53 heavy (non-hydrogen) atoms. The first kappa shape index (κ1) is 32.8. The molecule has 4 aromatic carbocycles. The maximum absolute atomic E-state index is 2.83. The largest absolute Gasteiger partial charge is 0.309 e. The lowest BCUT2D eigenvalue weighted by Crippen LogP contribution is -2.54. The molecule has 0 spiro atoms. The van der Waals surface area contributed by atoms with E-state index in [1.807, 2.05) is 22.7 Å². The lowest BCUT2D eigenvalue weighted by Gasteiger charge is -2.44. The summed E-state index contributed by atoms with van der Waals surface area (Å²) in [6, 6.07) is 30.6. The van der Waals surface area contributed by atoms with Crippen LogP contribution in [0.2, 0.25) is 0 Å². The first-order chi connectivity index (χ1) is 25.3. The summed E-state index contributed by atoms with van der Waals surface area (Å²) >= 11 is 6.07. The highest BCUT2D eigenvalue weighted by molar-refractivity contribution is 7.29. The van der Waals surface area contributed by atoms with Gasteiger partial charge in [0, 0.05) is 45.8 Å². The second-order valence-corrected chi connectivity index (χ2v) is 22.0. The molecular formula is C48H46BNS3. The fourth-order valence-electron chi connectivity index (χ4n) is 10.6. The van der Waals surface area contributed by atoms with Crippen LogP contribution in [0, 0.1) is 0 Å². The zero-order valence-electron chi connectivity index (χ0n) is 32.2. The average molecular weight is 744 g/mol. The lowest BCUT2D eigenvalue weighted by molar-refractivity contribution is 0.338. The number of nitrogens with zero attached hydrogens (tertiary/aromatic N) is 1. The van der Waals surface area contributed by atoms with Crippen molar-refractivity contribution in [3.05, 3.63) is 105 Å². The molecule has 0 saturated carbocycles. The summed E-state index contributed by atoms with van der Waals surface area (Å²) in [6.45, 7) is 20.3. The number of fused-ring (bicyclic) bond motifs is 11. The second kappa shape index (κ2) is 10.6. The van der Waals surface area contributed by atoms with Crippen LogP contribution < -0.4 is 20.6 Å². The van der Waals surface area contributed by atoms with Gasteiger partial charge in [-0.3, -0.25) is 0 Å².